The highest BCUT2D eigenvalue weighted by molar-refractivity contribution is 6.03. The smallest absolute Gasteiger partial charge is 0.387 e. The summed E-state index contributed by atoms with van der Waals surface area (Å²) < 4.78 is 31.1. The Morgan fingerprint density at radius 1 is 1.00 bits per heavy atom. The predicted molar refractivity (Wildman–Crippen MR) is 103 cm³/mol. The van der Waals surface area contributed by atoms with Crippen LogP contribution >= 0.6 is 0 Å². The molecule has 1 amide bonds. The lowest BCUT2D eigenvalue weighted by molar-refractivity contribution is -0.0508. The van der Waals surface area contributed by atoms with Crippen molar-refractivity contribution in [2.45, 2.75) is 31.7 Å². The van der Waals surface area contributed by atoms with Crippen molar-refractivity contribution in [2.24, 2.45) is 0 Å². The number of fused-ring (bicyclic) bond motifs is 2. The highest BCUT2D eigenvalue weighted by Gasteiger charge is 2.43. The van der Waals surface area contributed by atoms with Crippen molar-refractivity contribution in [1.82, 2.24) is 4.90 Å². The Balaban J connectivity index is 1.72. The molecular weight excluding hydrogens is 362 g/mol. The van der Waals surface area contributed by atoms with E-state index in [1.165, 1.54) is 0 Å². The number of alkyl halides is 2. The summed E-state index contributed by atoms with van der Waals surface area (Å²) in [5.74, 6) is 0.00168. The van der Waals surface area contributed by atoms with Crippen molar-refractivity contribution in [2.75, 3.05) is 5.32 Å². The minimum absolute atomic E-state index is 0.0854. The summed E-state index contributed by atoms with van der Waals surface area (Å²) >= 11 is 0. The van der Waals surface area contributed by atoms with E-state index in [0.717, 1.165) is 23.6 Å². The Morgan fingerprint density at radius 2 is 1.75 bits per heavy atom. The van der Waals surface area contributed by atoms with Crippen LogP contribution in [0.2, 0.25) is 0 Å². The molecule has 6 heteroatoms. The molecule has 2 aliphatic rings. The van der Waals surface area contributed by atoms with Crippen LogP contribution < -0.4 is 10.1 Å². The number of nitrogens with one attached hydrogen (secondary N) is 1. The summed E-state index contributed by atoms with van der Waals surface area (Å²) in [5.41, 5.74) is 1.86. The van der Waals surface area contributed by atoms with Crippen molar-refractivity contribution < 1.29 is 18.3 Å². The molecule has 28 heavy (non-hydrogen) atoms. The first-order valence-electron chi connectivity index (χ1n) is 9.28. The molecule has 4 nitrogen and oxygen atoms in total. The van der Waals surface area contributed by atoms with Gasteiger partial charge in [0.1, 0.15) is 11.9 Å². The second-order valence-corrected chi connectivity index (χ2v) is 7.11. The SMILES string of the molecule is O=C1c2ccccc2N[C@@H](c2c(OC(F)F)ccc3ccccc23)N1C1CC1. The molecule has 142 valence electrons. The summed E-state index contributed by atoms with van der Waals surface area (Å²) in [6.45, 7) is -2.94. The van der Waals surface area contributed by atoms with Gasteiger partial charge in [-0.1, -0.05) is 42.5 Å². The van der Waals surface area contributed by atoms with Crippen LogP contribution in [0.5, 0.6) is 5.75 Å². The van der Waals surface area contributed by atoms with E-state index in [2.05, 4.69) is 5.32 Å². The average molecular weight is 380 g/mol. The number of benzene rings is 3. The quantitative estimate of drug-likeness (QED) is 0.679. The van der Waals surface area contributed by atoms with Gasteiger partial charge in [0, 0.05) is 17.3 Å². The number of para-hydroxylation sites is 1. The van der Waals surface area contributed by atoms with Crippen molar-refractivity contribution in [3.8, 4) is 5.75 Å². The molecule has 1 aliphatic carbocycles. The number of hydrogen-bond acceptors (Lipinski definition) is 3. The fourth-order valence-electron chi connectivity index (χ4n) is 3.97. The largest absolute Gasteiger partial charge is 0.434 e. The zero-order chi connectivity index (χ0) is 19.3. The second kappa shape index (κ2) is 6.48. The van der Waals surface area contributed by atoms with Crippen molar-refractivity contribution >= 4 is 22.4 Å². The first-order valence-corrected chi connectivity index (χ1v) is 9.28. The van der Waals surface area contributed by atoms with Crippen LogP contribution in [-0.2, 0) is 0 Å². The molecule has 0 aromatic heterocycles. The predicted octanol–water partition coefficient (Wildman–Crippen LogP) is 5.17. The van der Waals surface area contributed by atoms with Crippen molar-refractivity contribution in [1.29, 1.82) is 0 Å². The van der Waals surface area contributed by atoms with Gasteiger partial charge in [-0.25, -0.2) is 0 Å². The molecule has 5 rings (SSSR count). The van der Waals surface area contributed by atoms with E-state index < -0.39 is 12.8 Å². The molecule has 1 heterocycles. The number of nitrogens with zero attached hydrogens (tertiary/aromatic N) is 1. The molecular formula is C22H18F2N2O2. The number of carbonyl (C=O) groups excluding carboxylic acids is 1. The molecule has 0 saturated heterocycles. The molecule has 0 bridgehead atoms. The van der Waals surface area contributed by atoms with Crippen molar-refractivity contribution in [3.63, 3.8) is 0 Å². The molecule has 0 unspecified atom stereocenters. The Labute approximate surface area is 160 Å². The lowest BCUT2D eigenvalue weighted by Crippen LogP contribution is -2.44. The number of amides is 1. The van der Waals surface area contributed by atoms with Crippen molar-refractivity contribution in [3.05, 3.63) is 71.8 Å². The van der Waals surface area contributed by atoms with E-state index in [1.807, 2.05) is 42.5 Å². The molecule has 0 spiro atoms. The lowest BCUT2D eigenvalue weighted by Gasteiger charge is -2.39. The standard InChI is InChI=1S/C22H18F2N2O2/c23-22(24)28-18-12-9-13-5-1-2-6-15(13)19(18)20-25-17-8-4-3-7-16(17)21(27)26(20)14-10-11-14/h1-9,12,14,20,22,25H,10-11H2/t20-/m1/s1. The number of ether oxygens (including phenoxy) is 1. The van der Waals surface area contributed by atoms with E-state index in [9.17, 15) is 13.6 Å². The third-order valence-electron chi connectivity index (χ3n) is 5.32. The number of hydrogen-bond donors (Lipinski definition) is 1. The third-order valence-corrected chi connectivity index (χ3v) is 5.32. The van der Waals surface area contributed by atoms with E-state index in [4.69, 9.17) is 4.74 Å². The Morgan fingerprint density at radius 3 is 2.54 bits per heavy atom. The van der Waals surface area contributed by atoms with Gasteiger partial charge >= 0.3 is 6.61 Å². The minimum atomic E-state index is -2.94. The second-order valence-electron chi connectivity index (χ2n) is 7.11. The normalized spacial score (nSPS) is 18.9. The number of anilines is 1. The summed E-state index contributed by atoms with van der Waals surface area (Å²) in [6.07, 6.45) is 1.24. The van der Waals surface area contributed by atoms with Gasteiger partial charge < -0.3 is 15.0 Å². The highest BCUT2D eigenvalue weighted by Crippen LogP contribution is 2.45. The summed E-state index contributed by atoms with van der Waals surface area (Å²) in [7, 11) is 0. The van der Waals surface area contributed by atoms with Crippen LogP contribution in [0.15, 0.2) is 60.7 Å². The first-order chi connectivity index (χ1) is 13.6. The Hall–Kier alpha value is -3.15. The van der Waals surface area contributed by atoms with Gasteiger partial charge in [-0.05, 0) is 41.8 Å². The van der Waals surface area contributed by atoms with Crippen LogP contribution in [0.3, 0.4) is 0 Å². The molecule has 3 aromatic rings. The zero-order valence-electron chi connectivity index (χ0n) is 14.9. The van der Waals surface area contributed by atoms with Crippen LogP contribution in [0.4, 0.5) is 14.5 Å². The monoisotopic (exact) mass is 380 g/mol. The molecule has 1 N–H and O–H groups in total. The summed E-state index contributed by atoms with van der Waals surface area (Å²) in [6, 6.07) is 18.3. The maximum atomic E-state index is 13.2. The zero-order valence-corrected chi connectivity index (χ0v) is 14.9. The minimum Gasteiger partial charge on any atom is -0.434 e. The Kier molecular flexibility index (Phi) is 3.93. The van der Waals surface area contributed by atoms with Gasteiger partial charge in [-0.2, -0.15) is 8.78 Å². The van der Waals surface area contributed by atoms with E-state index in [1.54, 1.807) is 23.1 Å². The number of rotatable bonds is 4. The number of carbonyl (C=O) groups is 1. The first kappa shape index (κ1) is 17.0. The number of halogens is 2. The molecule has 1 atom stereocenters. The fraction of sp³-hybridized carbons (Fsp3) is 0.227. The highest BCUT2D eigenvalue weighted by atomic mass is 19.3. The summed E-state index contributed by atoms with van der Waals surface area (Å²) in [4.78, 5) is 15.0. The maximum absolute atomic E-state index is 13.2. The van der Waals surface area contributed by atoms with Crippen LogP contribution in [0, 0.1) is 0 Å². The Bertz CT molecular complexity index is 1070. The van der Waals surface area contributed by atoms with Crippen LogP contribution in [0.1, 0.15) is 34.9 Å². The van der Waals surface area contributed by atoms with E-state index in [-0.39, 0.29) is 17.7 Å². The molecule has 1 fully saturated rings. The van der Waals surface area contributed by atoms with Gasteiger partial charge in [0.05, 0.1) is 5.56 Å². The topological polar surface area (TPSA) is 41.6 Å². The van der Waals surface area contributed by atoms with E-state index in [0.29, 0.717) is 16.8 Å². The van der Waals surface area contributed by atoms with Gasteiger partial charge in [-0.15, -0.1) is 0 Å². The van der Waals surface area contributed by atoms with Gasteiger partial charge in [-0.3, -0.25) is 4.79 Å². The molecule has 1 aliphatic heterocycles. The summed E-state index contributed by atoms with van der Waals surface area (Å²) in [5, 5.41) is 5.09. The van der Waals surface area contributed by atoms with Gasteiger partial charge in [0.25, 0.3) is 5.91 Å². The van der Waals surface area contributed by atoms with Crippen LogP contribution in [-0.4, -0.2) is 23.5 Å². The van der Waals surface area contributed by atoms with E-state index >= 15 is 0 Å². The van der Waals surface area contributed by atoms with Gasteiger partial charge in [0.2, 0.25) is 0 Å². The fourth-order valence-corrected chi connectivity index (χ4v) is 3.97. The van der Waals surface area contributed by atoms with Crippen LogP contribution in [0.25, 0.3) is 10.8 Å². The molecule has 0 radical (unpaired) electrons. The third kappa shape index (κ3) is 2.76. The molecule has 3 aromatic carbocycles. The molecule has 1 saturated carbocycles. The average Bonchev–Trinajstić information content (AvgIpc) is 3.52. The lowest BCUT2D eigenvalue weighted by atomic mass is 9.97. The van der Waals surface area contributed by atoms with Gasteiger partial charge in [0.15, 0.2) is 0 Å². The maximum Gasteiger partial charge on any atom is 0.387 e.